The summed E-state index contributed by atoms with van der Waals surface area (Å²) in [7, 11) is 0. The van der Waals surface area contributed by atoms with Gasteiger partial charge in [0.05, 0.1) is 0 Å². The van der Waals surface area contributed by atoms with Crippen LogP contribution in [0.1, 0.15) is 20.3 Å². The molecule has 0 spiro atoms. The summed E-state index contributed by atoms with van der Waals surface area (Å²) in [6.45, 7) is 12.7. The highest BCUT2D eigenvalue weighted by atomic mass is 14.6. The predicted octanol–water partition coefficient (Wildman–Crippen LogP) is 2.77. The lowest BCUT2D eigenvalue weighted by atomic mass is 9.81. The molecule has 0 radical (unpaired) electrons. The lowest BCUT2D eigenvalue weighted by Crippen LogP contribution is -2.12. The number of rotatable bonds is 0. The van der Waals surface area contributed by atoms with Gasteiger partial charge in [0, 0.05) is 5.41 Å². The van der Waals surface area contributed by atoms with E-state index in [4.69, 9.17) is 0 Å². The lowest BCUT2D eigenvalue weighted by molar-refractivity contribution is 0.538. The second-order valence-electron chi connectivity index (χ2n) is 4.12. The van der Waals surface area contributed by atoms with E-state index >= 15 is 0 Å². The van der Waals surface area contributed by atoms with E-state index in [-0.39, 0.29) is 5.41 Å². The van der Waals surface area contributed by atoms with Crippen molar-refractivity contribution in [2.75, 3.05) is 0 Å². The Morgan fingerprint density at radius 3 is 1.80 bits per heavy atom. The van der Waals surface area contributed by atoms with Crippen LogP contribution in [0, 0.1) is 17.3 Å². The molecule has 0 aliphatic heterocycles. The molecule has 0 heterocycles. The van der Waals surface area contributed by atoms with Gasteiger partial charge in [0.1, 0.15) is 0 Å². The Hall–Kier alpha value is -0.520. The van der Waals surface area contributed by atoms with Crippen LogP contribution in [0.25, 0.3) is 0 Å². The Morgan fingerprint density at radius 1 is 1.20 bits per heavy atom. The Kier molecular flexibility index (Phi) is 0.862. The number of hydrogen-bond donors (Lipinski definition) is 0. The molecule has 0 aromatic rings. The first-order valence-electron chi connectivity index (χ1n) is 3.93. The molecule has 2 aliphatic carbocycles. The van der Waals surface area contributed by atoms with Crippen LogP contribution in [0.3, 0.4) is 0 Å². The maximum atomic E-state index is 4.12. The number of allylic oxidation sites excluding steroid dienone is 2. The molecule has 2 saturated carbocycles. The third-order valence-electron chi connectivity index (χ3n) is 3.29. The average Bonchev–Trinajstić information content (AvgIpc) is 2.58. The van der Waals surface area contributed by atoms with Gasteiger partial charge in [0.2, 0.25) is 0 Å². The SMILES string of the molecule is C=C1C2CC2C(=C)C1(C)C. The van der Waals surface area contributed by atoms with Crippen molar-refractivity contribution < 1.29 is 0 Å². The minimum atomic E-state index is 0.244. The fourth-order valence-corrected chi connectivity index (χ4v) is 2.10. The van der Waals surface area contributed by atoms with Crippen LogP contribution in [0.4, 0.5) is 0 Å². The second-order valence-corrected chi connectivity index (χ2v) is 4.12. The third kappa shape index (κ3) is 0.484. The van der Waals surface area contributed by atoms with Crippen LogP contribution in [-0.2, 0) is 0 Å². The van der Waals surface area contributed by atoms with Gasteiger partial charge in [0.25, 0.3) is 0 Å². The Bertz CT molecular complexity index is 198. The zero-order valence-electron chi connectivity index (χ0n) is 6.78. The molecule has 2 fully saturated rings. The molecule has 0 aromatic carbocycles. The average molecular weight is 134 g/mol. The second kappa shape index (κ2) is 1.39. The van der Waals surface area contributed by atoms with Gasteiger partial charge in [-0.3, -0.25) is 0 Å². The van der Waals surface area contributed by atoms with Gasteiger partial charge in [0.15, 0.2) is 0 Å². The molecule has 2 atom stereocenters. The Morgan fingerprint density at radius 2 is 1.60 bits per heavy atom. The maximum absolute atomic E-state index is 4.12. The van der Waals surface area contributed by atoms with Gasteiger partial charge in [-0.15, -0.1) is 0 Å². The van der Waals surface area contributed by atoms with Gasteiger partial charge >= 0.3 is 0 Å². The first-order valence-corrected chi connectivity index (χ1v) is 3.93. The quantitative estimate of drug-likeness (QED) is 0.447. The fourth-order valence-electron chi connectivity index (χ4n) is 2.10. The first-order chi connectivity index (χ1) is 4.55. The number of fused-ring (bicyclic) bond motifs is 1. The van der Waals surface area contributed by atoms with E-state index in [1.807, 2.05) is 0 Å². The smallest absolute Gasteiger partial charge is 0.00646 e. The highest BCUT2D eigenvalue weighted by Crippen LogP contribution is 2.64. The van der Waals surface area contributed by atoms with E-state index < -0.39 is 0 Å². The van der Waals surface area contributed by atoms with Gasteiger partial charge < -0.3 is 0 Å². The van der Waals surface area contributed by atoms with Crippen molar-refractivity contribution in [2.24, 2.45) is 17.3 Å². The number of hydrogen-bond acceptors (Lipinski definition) is 0. The van der Waals surface area contributed by atoms with Crippen molar-refractivity contribution in [1.82, 2.24) is 0 Å². The van der Waals surface area contributed by atoms with Crippen LogP contribution in [0.15, 0.2) is 24.3 Å². The molecular formula is C10H14. The molecule has 0 aromatic heterocycles. The van der Waals surface area contributed by atoms with Crippen LogP contribution in [0.2, 0.25) is 0 Å². The summed E-state index contributed by atoms with van der Waals surface area (Å²) in [5.41, 5.74) is 3.08. The van der Waals surface area contributed by atoms with Crippen molar-refractivity contribution >= 4 is 0 Å². The summed E-state index contributed by atoms with van der Waals surface area (Å²) in [6.07, 6.45) is 1.33. The van der Waals surface area contributed by atoms with Crippen molar-refractivity contribution in [3.63, 3.8) is 0 Å². The monoisotopic (exact) mass is 134 g/mol. The van der Waals surface area contributed by atoms with E-state index in [1.165, 1.54) is 17.6 Å². The zero-order valence-corrected chi connectivity index (χ0v) is 6.78. The molecular weight excluding hydrogens is 120 g/mol. The summed E-state index contributed by atoms with van der Waals surface area (Å²) >= 11 is 0. The van der Waals surface area contributed by atoms with E-state index in [2.05, 4.69) is 27.0 Å². The minimum Gasteiger partial charge on any atom is -0.0987 e. The molecule has 0 bridgehead atoms. The molecule has 2 aliphatic rings. The van der Waals surface area contributed by atoms with Gasteiger partial charge in [-0.05, 0) is 18.3 Å². The Balaban J connectivity index is 2.41. The molecule has 10 heavy (non-hydrogen) atoms. The molecule has 0 N–H and O–H groups in total. The molecule has 0 heteroatoms. The lowest BCUT2D eigenvalue weighted by Gasteiger charge is -2.24. The molecule has 0 amide bonds. The fraction of sp³-hybridized carbons (Fsp3) is 0.600. The van der Waals surface area contributed by atoms with Crippen molar-refractivity contribution in [1.29, 1.82) is 0 Å². The first kappa shape index (κ1) is 6.21. The molecule has 0 saturated heterocycles. The van der Waals surface area contributed by atoms with Crippen LogP contribution in [-0.4, -0.2) is 0 Å². The molecule has 54 valence electrons. The van der Waals surface area contributed by atoms with Gasteiger partial charge in [-0.1, -0.05) is 38.2 Å². The standard InChI is InChI=1S/C10H14/c1-6-8-5-9(8)7(2)10(6,3)4/h8-9H,1-2,5H2,3-4H3. The van der Waals surface area contributed by atoms with E-state index in [1.54, 1.807) is 0 Å². The topological polar surface area (TPSA) is 0 Å². The summed E-state index contributed by atoms with van der Waals surface area (Å²) in [5, 5.41) is 0. The van der Waals surface area contributed by atoms with Crippen molar-refractivity contribution in [3.05, 3.63) is 24.3 Å². The highest BCUT2D eigenvalue weighted by molar-refractivity contribution is 5.42. The van der Waals surface area contributed by atoms with Gasteiger partial charge in [-0.2, -0.15) is 0 Å². The molecule has 2 unspecified atom stereocenters. The summed E-state index contributed by atoms with van der Waals surface area (Å²) in [5.74, 6) is 1.62. The summed E-state index contributed by atoms with van der Waals surface area (Å²) in [4.78, 5) is 0. The van der Waals surface area contributed by atoms with Crippen molar-refractivity contribution in [2.45, 2.75) is 20.3 Å². The third-order valence-corrected chi connectivity index (χ3v) is 3.29. The summed E-state index contributed by atoms with van der Waals surface area (Å²) < 4.78 is 0. The van der Waals surface area contributed by atoms with E-state index in [0.717, 1.165) is 11.8 Å². The van der Waals surface area contributed by atoms with Crippen LogP contribution in [0.5, 0.6) is 0 Å². The highest BCUT2D eigenvalue weighted by Gasteiger charge is 2.55. The maximum Gasteiger partial charge on any atom is 0.00646 e. The van der Waals surface area contributed by atoms with Crippen LogP contribution >= 0.6 is 0 Å². The van der Waals surface area contributed by atoms with E-state index in [0.29, 0.717) is 0 Å². The summed E-state index contributed by atoms with van der Waals surface area (Å²) in [6, 6.07) is 0. The largest absolute Gasteiger partial charge is 0.0987 e. The molecule has 2 rings (SSSR count). The molecule has 0 nitrogen and oxygen atoms in total. The normalized spacial score (nSPS) is 41.8. The predicted molar refractivity (Wildman–Crippen MR) is 43.7 cm³/mol. The Labute approximate surface area is 62.6 Å². The zero-order chi connectivity index (χ0) is 7.52. The minimum absolute atomic E-state index is 0.244. The van der Waals surface area contributed by atoms with E-state index in [9.17, 15) is 0 Å². The van der Waals surface area contributed by atoms with Crippen molar-refractivity contribution in [3.8, 4) is 0 Å². The van der Waals surface area contributed by atoms with Crippen LogP contribution < -0.4 is 0 Å². The van der Waals surface area contributed by atoms with Gasteiger partial charge in [-0.25, -0.2) is 0 Å².